The van der Waals surface area contributed by atoms with Crippen molar-refractivity contribution in [3.63, 3.8) is 0 Å². The number of pyridine rings is 1. The van der Waals surface area contributed by atoms with Gasteiger partial charge < -0.3 is 0 Å². The molecule has 0 fully saturated rings. The Morgan fingerprint density at radius 3 is 2.45 bits per heavy atom. The lowest BCUT2D eigenvalue weighted by molar-refractivity contribution is 0.462. The Kier molecular flexibility index (Phi) is 1.94. The monoisotopic (exact) mass is 159 g/mol. The molecule has 0 unspecified atom stereocenters. The quantitative estimate of drug-likeness (QED) is 0.572. The second-order valence-corrected chi connectivity index (χ2v) is 1.83. The maximum absolute atomic E-state index is 12.5. The van der Waals surface area contributed by atoms with Gasteiger partial charge in [0.2, 0.25) is 5.95 Å². The van der Waals surface area contributed by atoms with Gasteiger partial charge in [0.05, 0.1) is 11.8 Å². The summed E-state index contributed by atoms with van der Waals surface area (Å²) in [6.45, 7) is 3.12. The van der Waals surface area contributed by atoms with Crippen molar-refractivity contribution in [3.8, 4) is 0 Å². The second-order valence-electron chi connectivity index (χ2n) is 1.83. The van der Waals surface area contributed by atoms with E-state index >= 15 is 0 Å². The number of halogens is 3. The third kappa shape index (κ3) is 1.24. The zero-order chi connectivity index (χ0) is 8.43. The summed E-state index contributed by atoms with van der Waals surface area (Å²) in [6.07, 6.45) is 1.50. The van der Waals surface area contributed by atoms with E-state index in [0.717, 1.165) is 6.08 Å². The second kappa shape index (κ2) is 2.74. The number of nitrogens with zero attached hydrogens (tertiary/aromatic N) is 1. The molecule has 0 aliphatic carbocycles. The van der Waals surface area contributed by atoms with Crippen LogP contribution in [0.2, 0.25) is 0 Å². The standard InChI is InChI=1S/C7H4F3N/c1-2-4-5(8)3-11-7(10)6(4)9/h2-3H,1H2. The van der Waals surface area contributed by atoms with E-state index in [9.17, 15) is 13.2 Å². The van der Waals surface area contributed by atoms with Crippen LogP contribution >= 0.6 is 0 Å². The Labute approximate surface area is 61.2 Å². The number of aromatic nitrogens is 1. The maximum Gasteiger partial charge on any atom is 0.249 e. The fourth-order valence-corrected chi connectivity index (χ4v) is 0.643. The SMILES string of the molecule is C=Cc1c(F)cnc(F)c1F. The van der Waals surface area contributed by atoms with Gasteiger partial charge in [-0.15, -0.1) is 0 Å². The highest BCUT2D eigenvalue weighted by Crippen LogP contribution is 2.13. The van der Waals surface area contributed by atoms with E-state index in [1.165, 1.54) is 0 Å². The summed E-state index contributed by atoms with van der Waals surface area (Å²) in [5.74, 6) is -3.54. The average Bonchev–Trinajstić information content (AvgIpc) is 1.99. The van der Waals surface area contributed by atoms with Crippen LogP contribution in [0.5, 0.6) is 0 Å². The van der Waals surface area contributed by atoms with Gasteiger partial charge >= 0.3 is 0 Å². The Bertz CT molecular complexity index is 296. The van der Waals surface area contributed by atoms with Crippen LogP contribution in [0.25, 0.3) is 6.08 Å². The molecular weight excluding hydrogens is 155 g/mol. The smallest absolute Gasteiger partial charge is 0.223 e. The third-order valence-corrected chi connectivity index (χ3v) is 1.17. The molecule has 1 heterocycles. The van der Waals surface area contributed by atoms with Gasteiger partial charge in [-0.05, 0) is 0 Å². The summed E-state index contributed by atoms with van der Waals surface area (Å²) < 4.78 is 37.3. The maximum atomic E-state index is 12.5. The summed E-state index contributed by atoms with van der Waals surface area (Å²) in [5, 5.41) is 0. The summed E-state index contributed by atoms with van der Waals surface area (Å²) >= 11 is 0. The van der Waals surface area contributed by atoms with Gasteiger partial charge in [-0.1, -0.05) is 12.7 Å². The van der Waals surface area contributed by atoms with Crippen LogP contribution in [0.4, 0.5) is 13.2 Å². The van der Waals surface area contributed by atoms with Crippen LogP contribution < -0.4 is 0 Å². The van der Waals surface area contributed by atoms with Gasteiger partial charge in [-0.2, -0.15) is 4.39 Å². The highest BCUT2D eigenvalue weighted by molar-refractivity contribution is 5.47. The molecule has 1 nitrogen and oxygen atoms in total. The summed E-state index contributed by atoms with van der Waals surface area (Å²) in [7, 11) is 0. The van der Waals surface area contributed by atoms with Crippen molar-refractivity contribution in [2.24, 2.45) is 0 Å². The minimum atomic E-state index is -1.32. The van der Waals surface area contributed by atoms with Gasteiger partial charge in [0.15, 0.2) is 11.6 Å². The molecule has 0 atom stereocenters. The zero-order valence-corrected chi connectivity index (χ0v) is 5.44. The first kappa shape index (κ1) is 7.78. The highest BCUT2D eigenvalue weighted by atomic mass is 19.2. The van der Waals surface area contributed by atoms with E-state index in [2.05, 4.69) is 11.6 Å². The number of hydrogen-bond donors (Lipinski definition) is 0. The molecule has 1 aromatic heterocycles. The summed E-state index contributed by atoms with van der Waals surface area (Å²) in [4.78, 5) is 2.82. The minimum absolute atomic E-state index is 0.488. The highest BCUT2D eigenvalue weighted by Gasteiger charge is 2.11. The van der Waals surface area contributed by atoms with Crippen molar-refractivity contribution >= 4 is 6.08 Å². The molecule has 1 rings (SSSR count). The molecule has 4 heteroatoms. The first-order valence-corrected chi connectivity index (χ1v) is 2.78. The lowest BCUT2D eigenvalue weighted by atomic mass is 10.2. The Hall–Kier alpha value is -1.32. The van der Waals surface area contributed by atoms with Gasteiger partial charge in [-0.25, -0.2) is 13.8 Å². The van der Waals surface area contributed by atoms with Crippen LogP contribution in [0.1, 0.15) is 5.56 Å². The lowest BCUT2D eigenvalue weighted by Crippen LogP contribution is -1.96. The molecule has 0 radical (unpaired) electrons. The van der Waals surface area contributed by atoms with E-state index in [0.29, 0.717) is 6.20 Å². The van der Waals surface area contributed by atoms with Gasteiger partial charge in [0, 0.05) is 0 Å². The van der Waals surface area contributed by atoms with Crippen LogP contribution in [-0.4, -0.2) is 4.98 Å². The first-order chi connectivity index (χ1) is 5.16. The van der Waals surface area contributed by atoms with E-state index in [4.69, 9.17) is 0 Å². The molecule has 58 valence electrons. The molecule has 0 aliphatic rings. The molecule has 0 aliphatic heterocycles. The van der Waals surface area contributed by atoms with Crippen molar-refractivity contribution in [2.45, 2.75) is 0 Å². The molecule has 1 aromatic rings. The predicted octanol–water partition coefficient (Wildman–Crippen LogP) is 2.14. The topological polar surface area (TPSA) is 12.9 Å². The zero-order valence-electron chi connectivity index (χ0n) is 5.44. The van der Waals surface area contributed by atoms with Crippen molar-refractivity contribution < 1.29 is 13.2 Å². The molecule has 0 saturated carbocycles. The first-order valence-electron chi connectivity index (χ1n) is 2.78. The van der Waals surface area contributed by atoms with Crippen LogP contribution in [0.15, 0.2) is 12.8 Å². The molecule has 0 spiro atoms. The Morgan fingerprint density at radius 1 is 1.36 bits per heavy atom. The summed E-state index contributed by atoms with van der Waals surface area (Å²) in [6, 6.07) is 0. The van der Waals surface area contributed by atoms with Crippen molar-refractivity contribution in [1.29, 1.82) is 0 Å². The molecule has 11 heavy (non-hydrogen) atoms. The van der Waals surface area contributed by atoms with Crippen LogP contribution in [0, 0.1) is 17.6 Å². The fraction of sp³-hybridized carbons (Fsp3) is 0. The fourth-order valence-electron chi connectivity index (χ4n) is 0.643. The lowest BCUT2D eigenvalue weighted by Gasteiger charge is -1.97. The van der Waals surface area contributed by atoms with E-state index in [-0.39, 0.29) is 0 Å². The molecule has 0 bridgehead atoms. The van der Waals surface area contributed by atoms with E-state index < -0.39 is 23.1 Å². The Morgan fingerprint density at radius 2 is 2.00 bits per heavy atom. The molecule has 0 amide bonds. The van der Waals surface area contributed by atoms with Gasteiger partial charge in [-0.3, -0.25) is 0 Å². The van der Waals surface area contributed by atoms with Crippen molar-refractivity contribution in [1.82, 2.24) is 4.98 Å². The third-order valence-electron chi connectivity index (χ3n) is 1.17. The molecule has 0 aromatic carbocycles. The number of rotatable bonds is 1. The van der Waals surface area contributed by atoms with Crippen LogP contribution in [0.3, 0.4) is 0 Å². The molecular formula is C7H4F3N. The van der Waals surface area contributed by atoms with Crippen molar-refractivity contribution in [3.05, 3.63) is 35.9 Å². The number of hydrogen-bond acceptors (Lipinski definition) is 1. The predicted molar refractivity (Wildman–Crippen MR) is 34.2 cm³/mol. The van der Waals surface area contributed by atoms with E-state index in [1.54, 1.807) is 0 Å². The minimum Gasteiger partial charge on any atom is -0.223 e. The van der Waals surface area contributed by atoms with E-state index in [1.807, 2.05) is 0 Å². The van der Waals surface area contributed by atoms with Gasteiger partial charge in [0.25, 0.3) is 0 Å². The average molecular weight is 159 g/mol. The molecule has 0 saturated heterocycles. The van der Waals surface area contributed by atoms with Gasteiger partial charge in [0.1, 0.15) is 0 Å². The van der Waals surface area contributed by atoms with Crippen LogP contribution in [-0.2, 0) is 0 Å². The largest absolute Gasteiger partial charge is 0.249 e. The van der Waals surface area contributed by atoms with Crippen molar-refractivity contribution in [2.75, 3.05) is 0 Å². The molecule has 0 N–H and O–H groups in total. The summed E-state index contributed by atoms with van der Waals surface area (Å²) in [5.41, 5.74) is -0.488. The Balaban J connectivity index is 3.40. The normalized spacial score (nSPS) is 9.73.